The number of aromatic nitrogens is 5. The average molecular weight is 378 g/mol. The van der Waals surface area contributed by atoms with Crippen LogP contribution in [-0.4, -0.2) is 42.4 Å². The van der Waals surface area contributed by atoms with Crippen molar-refractivity contribution in [2.75, 3.05) is 11.6 Å². The molecule has 26 heavy (non-hydrogen) atoms. The highest BCUT2D eigenvalue weighted by Gasteiger charge is 2.28. The lowest BCUT2D eigenvalue weighted by molar-refractivity contribution is -0.120. The van der Waals surface area contributed by atoms with E-state index < -0.39 is 0 Å². The number of nitrogens with zero attached hydrogens (tertiary/aromatic N) is 5. The second kappa shape index (κ2) is 7.69. The third-order valence-electron chi connectivity index (χ3n) is 5.23. The Bertz CT molecular complexity index is 784. The molecule has 1 fully saturated rings. The number of nitrogens with two attached hydrogens (primary N) is 1. The van der Waals surface area contributed by atoms with Crippen molar-refractivity contribution in [3.8, 4) is 5.95 Å². The van der Waals surface area contributed by atoms with E-state index in [2.05, 4.69) is 34.5 Å². The standard InChI is InChI=1S/C17H27N7OS/c1-10-6-5-7-14(13(10)4)19-15(25)9-26-17-21-20-16(23(17)18)24-12(3)8-11(2)22-24/h8,10,13-14H,5-7,9,18H2,1-4H3,(H,19,25). The number of nitrogen functional groups attached to an aromatic ring is 1. The van der Waals surface area contributed by atoms with Crippen molar-refractivity contribution in [3.05, 3.63) is 17.5 Å². The first-order chi connectivity index (χ1) is 12.4. The Labute approximate surface area is 157 Å². The van der Waals surface area contributed by atoms with Crippen molar-refractivity contribution in [2.45, 2.75) is 58.2 Å². The van der Waals surface area contributed by atoms with Gasteiger partial charge in [-0.05, 0) is 38.2 Å². The average Bonchev–Trinajstić information content (AvgIpc) is 3.11. The van der Waals surface area contributed by atoms with Gasteiger partial charge in [0, 0.05) is 11.7 Å². The van der Waals surface area contributed by atoms with Crippen LogP contribution < -0.4 is 11.2 Å². The fraction of sp³-hybridized carbons (Fsp3) is 0.647. The fourth-order valence-electron chi connectivity index (χ4n) is 3.51. The summed E-state index contributed by atoms with van der Waals surface area (Å²) in [5, 5.41) is 16.2. The summed E-state index contributed by atoms with van der Waals surface area (Å²) < 4.78 is 3.03. The van der Waals surface area contributed by atoms with E-state index in [1.54, 1.807) is 4.68 Å². The molecule has 0 saturated heterocycles. The molecule has 1 aliphatic carbocycles. The van der Waals surface area contributed by atoms with Gasteiger partial charge in [0.05, 0.1) is 11.4 Å². The monoisotopic (exact) mass is 377 g/mol. The number of nitrogens with one attached hydrogen (secondary N) is 1. The molecule has 142 valence electrons. The Hall–Kier alpha value is -2.03. The summed E-state index contributed by atoms with van der Waals surface area (Å²) in [5.74, 6) is 7.98. The molecule has 3 N–H and O–H groups in total. The molecule has 1 amide bonds. The first-order valence-corrected chi connectivity index (χ1v) is 10.0. The van der Waals surface area contributed by atoms with Gasteiger partial charge in [0.2, 0.25) is 11.1 Å². The van der Waals surface area contributed by atoms with E-state index in [1.165, 1.54) is 29.3 Å². The Kier molecular flexibility index (Phi) is 5.55. The van der Waals surface area contributed by atoms with Crippen LogP contribution in [0.5, 0.6) is 0 Å². The number of amides is 1. The van der Waals surface area contributed by atoms with Gasteiger partial charge in [0.1, 0.15) is 0 Å². The van der Waals surface area contributed by atoms with Gasteiger partial charge in [0.25, 0.3) is 5.95 Å². The van der Waals surface area contributed by atoms with E-state index in [0.717, 1.165) is 17.8 Å². The van der Waals surface area contributed by atoms with E-state index in [1.807, 2.05) is 19.9 Å². The molecule has 0 radical (unpaired) electrons. The van der Waals surface area contributed by atoms with Crippen molar-refractivity contribution < 1.29 is 4.79 Å². The first kappa shape index (κ1) is 18.8. The molecule has 0 aliphatic heterocycles. The number of thioether (sulfide) groups is 1. The zero-order valence-electron chi connectivity index (χ0n) is 15.8. The van der Waals surface area contributed by atoms with Crippen LogP contribution in [0.15, 0.2) is 11.2 Å². The van der Waals surface area contributed by atoms with Crippen molar-refractivity contribution in [1.29, 1.82) is 0 Å². The van der Waals surface area contributed by atoms with Crippen LogP contribution in [0.3, 0.4) is 0 Å². The Morgan fingerprint density at radius 3 is 2.81 bits per heavy atom. The number of carbonyl (C=O) groups is 1. The predicted octanol–water partition coefficient (Wildman–Crippen LogP) is 1.83. The molecule has 0 spiro atoms. The maximum Gasteiger partial charge on any atom is 0.271 e. The predicted molar refractivity (Wildman–Crippen MR) is 102 cm³/mol. The van der Waals surface area contributed by atoms with Crippen LogP contribution in [0.4, 0.5) is 0 Å². The summed E-state index contributed by atoms with van der Waals surface area (Å²) in [7, 11) is 0. The molecule has 1 saturated carbocycles. The summed E-state index contributed by atoms with van der Waals surface area (Å²) in [4.78, 5) is 12.3. The highest BCUT2D eigenvalue weighted by atomic mass is 32.2. The molecular formula is C17H27N7OS. The molecule has 0 aromatic carbocycles. The lowest BCUT2D eigenvalue weighted by Gasteiger charge is -2.34. The minimum atomic E-state index is 0.0108. The van der Waals surface area contributed by atoms with E-state index in [9.17, 15) is 4.79 Å². The normalized spacial score (nSPS) is 23.2. The molecule has 9 heteroatoms. The summed E-state index contributed by atoms with van der Waals surface area (Å²) in [6, 6.07) is 2.20. The molecular weight excluding hydrogens is 350 g/mol. The maximum atomic E-state index is 12.3. The van der Waals surface area contributed by atoms with Crippen molar-refractivity contribution in [2.24, 2.45) is 11.8 Å². The van der Waals surface area contributed by atoms with Gasteiger partial charge in [-0.15, -0.1) is 10.2 Å². The minimum Gasteiger partial charge on any atom is -0.352 e. The van der Waals surface area contributed by atoms with Crippen LogP contribution >= 0.6 is 11.8 Å². The Morgan fingerprint density at radius 1 is 1.35 bits per heavy atom. The summed E-state index contributed by atoms with van der Waals surface area (Å²) in [5.41, 5.74) is 1.81. The molecule has 2 aromatic heterocycles. The summed E-state index contributed by atoms with van der Waals surface area (Å²) in [6.45, 7) is 8.32. The first-order valence-electron chi connectivity index (χ1n) is 9.03. The Morgan fingerprint density at radius 2 is 2.12 bits per heavy atom. The fourth-order valence-corrected chi connectivity index (χ4v) is 4.17. The summed E-state index contributed by atoms with van der Waals surface area (Å²) >= 11 is 1.29. The number of carbonyl (C=O) groups excluding carboxylic acids is 1. The lowest BCUT2D eigenvalue weighted by Crippen LogP contribution is -2.44. The van der Waals surface area contributed by atoms with Gasteiger partial charge >= 0.3 is 0 Å². The maximum absolute atomic E-state index is 12.3. The van der Waals surface area contributed by atoms with Gasteiger partial charge in [-0.25, -0.2) is 9.36 Å². The van der Waals surface area contributed by atoms with Gasteiger partial charge in [-0.1, -0.05) is 38.5 Å². The zero-order valence-corrected chi connectivity index (χ0v) is 16.6. The molecule has 3 atom stereocenters. The second-order valence-electron chi connectivity index (χ2n) is 7.22. The highest BCUT2D eigenvalue weighted by Crippen LogP contribution is 2.29. The summed E-state index contributed by atoms with van der Waals surface area (Å²) in [6.07, 6.45) is 3.47. The van der Waals surface area contributed by atoms with Gasteiger partial charge in [0.15, 0.2) is 0 Å². The van der Waals surface area contributed by atoms with Crippen molar-refractivity contribution in [1.82, 2.24) is 30.0 Å². The molecule has 1 aliphatic rings. The largest absolute Gasteiger partial charge is 0.352 e. The van der Waals surface area contributed by atoms with Crippen LogP contribution in [0.1, 0.15) is 44.5 Å². The SMILES string of the molecule is Cc1cc(C)n(-c2nnc(SCC(=O)NC3CCCC(C)C3C)n2N)n1. The van der Waals surface area contributed by atoms with Crippen LogP contribution in [0.25, 0.3) is 5.95 Å². The van der Waals surface area contributed by atoms with Gasteiger partial charge in [-0.3, -0.25) is 4.79 Å². The quantitative estimate of drug-likeness (QED) is 0.608. The van der Waals surface area contributed by atoms with E-state index in [0.29, 0.717) is 22.9 Å². The number of rotatable bonds is 5. The van der Waals surface area contributed by atoms with Crippen LogP contribution in [-0.2, 0) is 4.79 Å². The second-order valence-corrected chi connectivity index (χ2v) is 8.16. The molecule has 3 unspecified atom stereocenters. The number of hydrogen-bond donors (Lipinski definition) is 2. The highest BCUT2D eigenvalue weighted by molar-refractivity contribution is 7.99. The topological polar surface area (TPSA) is 104 Å². The molecule has 8 nitrogen and oxygen atoms in total. The van der Waals surface area contributed by atoms with Crippen molar-refractivity contribution in [3.63, 3.8) is 0 Å². The number of aryl methyl sites for hydroxylation is 2. The molecule has 2 heterocycles. The van der Waals surface area contributed by atoms with Crippen LogP contribution in [0.2, 0.25) is 0 Å². The number of hydrogen-bond acceptors (Lipinski definition) is 6. The van der Waals surface area contributed by atoms with E-state index in [-0.39, 0.29) is 17.7 Å². The molecule has 0 bridgehead atoms. The van der Waals surface area contributed by atoms with E-state index >= 15 is 0 Å². The minimum absolute atomic E-state index is 0.0108. The zero-order chi connectivity index (χ0) is 18.8. The van der Waals surface area contributed by atoms with Crippen LogP contribution in [0, 0.1) is 25.7 Å². The lowest BCUT2D eigenvalue weighted by atomic mass is 9.78. The Balaban J connectivity index is 1.60. The smallest absolute Gasteiger partial charge is 0.271 e. The van der Waals surface area contributed by atoms with E-state index in [4.69, 9.17) is 5.84 Å². The van der Waals surface area contributed by atoms with Crippen molar-refractivity contribution >= 4 is 17.7 Å². The van der Waals surface area contributed by atoms with Gasteiger partial charge in [-0.2, -0.15) is 5.10 Å². The molecule has 2 aromatic rings. The third-order valence-corrected chi connectivity index (χ3v) is 6.17. The molecule has 3 rings (SSSR count). The third kappa shape index (κ3) is 3.87. The van der Waals surface area contributed by atoms with Gasteiger partial charge < -0.3 is 11.2 Å².